The first-order valence-electron chi connectivity index (χ1n) is 7.82. The molecule has 2 heterocycles. The van der Waals surface area contributed by atoms with Gasteiger partial charge in [0.25, 0.3) is 5.91 Å². The maximum absolute atomic E-state index is 12.3. The van der Waals surface area contributed by atoms with Crippen LogP contribution in [0, 0.1) is 0 Å². The van der Waals surface area contributed by atoms with E-state index in [0.717, 1.165) is 40.9 Å². The van der Waals surface area contributed by atoms with Crippen LogP contribution in [0.4, 0.5) is 11.5 Å². The van der Waals surface area contributed by atoms with Gasteiger partial charge in [-0.15, -0.1) is 0 Å². The minimum atomic E-state index is 0.0433. The lowest BCUT2D eigenvalue weighted by atomic mass is 10.1. The Kier molecular flexibility index (Phi) is 3.98. The number of rotatable bonds is 4. The van der Waals surface area contributed by atoms with Crippen LogP contribution in [0.2, 0.25) is 0 Å². The van der Waals surface area contributed by atoms with E-state index in [9.17, 15) is 4.79 Å². The zero-order valence-electron chi connectivity index (χ0n) is 13.4. The van der Waals surface area contributed by atoms with Gasteiger partial charge in [-0.05, 0) is 26.3 Å². The molecule has 1 amide bonds. The topological polar surface area (TPSA) is 61.8 Å². The average molecular weight is 299 g/mol. The molecular weight excluding hydrogens is 276 g/mol. The van der Waals surface area contributed by atoms with Gasteiger partial charge in [0.2, 0.25) is 0 Å². The molecular formula is C17H23N4O+. The fourth-order valence-electron chi connectivity index (χ4n) is 2.85. The number of hydrogen-bond donors (Lipinski definition) is 2. The van der Waals surface area contributed by atoms with Crippen molar-refractivity contribution in [2.75, 3.05) is 30.4 Å². The highest BCUT2D eigenvalue weighted by Gasteiger charge is 2.24. The van der Waals surface area contributed by atoms with Crippen LogP contribution in [0.15, 0.2) is 24.3 Å². The summed E-state index contributed by atoms with van der Waals surface area (Å²) >= 11 is 0. The third-order valence-corrected chi connectivity index (χ3v) is 4.07. The Morgan fingerprint density at radius 3 is 2.95 bits per heavy atom. The first kappa shape index (κ1) is 14.8. The first-order valence-corrected chi connectivity index (χ1v) is 7.82. The number of benzene rings is 1. The number of hydrogen-bond acceptors (Lipinski definition) is 3. The van der Waals surface area contributed by atoms with Gasteiger partial charge in [-0.1, -0.05) is 18.2 Å². The van der Waals surface area contributed by atoms with Gasteiger partial charge in [-0.3, -0.25) is 4.79 Å². The van der Waals surface area contributed by atoms with Crippen molar-refractivity contribution in [1.29, 1.82) is 0 Å². The Bertz CT molecular complexity index is 711. The van der Waals surface area contributed by atoms with Gasteiger partial charge in [0.1, 0.15) is 5.82 Å². The van der Waals surface area contributed by atoms with E-state index in [1.807, 2.05) is 36.6 Å². The minimum absolute atomic E-state index is 0.0433. The monoisotopic (exact) mass is 299 g/mol. The van der Waals surface area contributed by atoms with Crippen LogP contribution in [0.5, 0.6) is 0 Å². The molecule has 22 heavy (non-hydrogen) atoms. The molecule has 0 atom stereocenters. The number of nitrogens with two attached hydrogens (primary N) is 1. The number of nitrogens with one attached hydrogen (secondary N) is 1. The number of pyridine rings is 1. The van der Waals surface area contributed by atoms with E-state index in [1.54, 1.807) is 0 Å². The predicted molar refractivity (Wildman–Crippen MR) is 89.3 cm³/mol. The summed E-state index contributed by atoms with van der Waals surface area (Å²) < 4.78 is 0. The fraction of sp³-hybridized carbons (Fsp3) is 0.412. The molecule has 0 radical (unpaired) electrons. The molecule has 0 aliphatic carbocycles. The molecule has 3 N–H and O–H groups in total. The minimum Gasteiger partial charge on any atom is -0.359 e. The normalized spacial score (nSPS) is 13.7. The summed E-state index contributed by atoms with van der Waals surface area (Å²) in [6.07, 6.45) is 0.924. The zero-order chi connectivity index (χ0) is 15.7. The third-order valence-electron chi connectivity index (χ3n) is 4.07. The number of likely N-dealkylation sites (N-methyl/N-ethyl adjacent to an activating group) is 1. The summed E-state index contributed by atoms with van der Waals surface area (Å²) in [7, 11) is 2.05. The number of anilines is 2. The summed E-state index contributed by atoms with van der Waals surface area (Å²) in [5.74, 6) is 1.03. The van der Waals surface area contributed by atoms with Gasteiger partial charge >= 0.3 is 0 Å². The summed E-state index contributed by atoms with van der Waals surface area (Å²) in [6.45, 7) is 5.56. The van der Waals surface area contributed by atoms with Crippen LogP contribution >= 0.6 is 0 Å². The number of quaternary nitrogens is 1. The number of carbonyl (C=O) groups excluding carboxylic acids is 1. The summed E-state index contributed by atoms with van der Waals surface area (Å²) in [4.78, 5) is 19.2. The standard InChI is InChI=1S/C17H22N4O/c1-11(2)18-10-15(22)20-16-12-6-4-5-7-14(12)19-17-13(16)8-9-21(17)3/h4-7,11,18H,8-10H2,1-3H3,(H,19,20,22)/p+1. The van der Waals surface area contributed by atoms with E-state index in [4.69, 9.17) is 4.98 Å². The van der Waals surface area contributed by atoms with Crippen molar-refractivity contribution in [3.05, 3.63) is 29.8 Å². The number of amides is 1. The van der Waals surface area contributed by atoms with Gasteiger partial charge < -0.3 is 15.5 Å². The Balaban J connectivity index is 1.99. The number of fused-ring (bicyclic) bond motifs is 2. The first-order chi connectivity index (χ1) is 10.6. The molecule has 0 fully saturated rings. The lowest BCUT2D eigenvalue weighted by Crippen LogP contribution is -2.90. The molecule has 0 unspecified atom stereocenters. The Morgan fingerprint density at radius 2 is 2.18 bits per heavy atom. The Labute approximate surface area is 130 Å². The van der Waals surface area contributed by atoms with Crippen molar-refractivity contribution in [2.24, 2.45) is 0 Å². The molecule has 5 nitrogen and oxygen atoms in total. The van der Waals surface area contributed by atoms with Crippen LogP contribution in [0.1, 0.15) is 19.4 Å². The van der Waals surface area contributed by atoms with Crippen molar-refractivity contribution in [3.63, 3.8) is 0 Å². The molecule has 0 saturated carbocycles. The smallest absolute Gasteiger partial charge is 0.279 e. The lowest BCUT2D eigenvalue weighted by Gasteiger charge is -2.15. The maximum atomic E-state index is 12.3. The predicted octanol–water partition coefficient (Wildman–Crippen LogP) is 1.14. The van der Waals surface area contributed by atoms with Crippen molar-refractivity contribution in [3.8, 4) is 0 Å². The molecule has 116 valence electrons. The summed E-state index contributed by atoms with van der Waals surface area (Å²) in [5, 5.41) is 6.18. The second-order valence-electron chi connectivity index (χ2n) is 6.21. The van der Waals surface area contributed by atoms with E-state index >= 15 is 0 Å². The zero-order valence-corrected chi connectivity index (χ0v) is 13.4. The average Bonchev–Trinajstić information content (AvgIpc) is 2.86. The fourth-order valence-corrected chi connectivity index (χ4v) is 2.85. The highest BCUT2D eigenvalue weighted by atomic mass is 16.1. The van der Waals surface area contributed by atoms with Crippen molar-refractivity contribution in [2.45, 2.75) is 26.3 Å². The number of carbonyl (C=O) groups is 1. The molecule has 2 aromatic rings. The lowest BCUT2D eigenvalue weighted by molar-refractivity contribution is -0.672. The highest BCUT2D eigenvalue weighted by molar-refractivity contribution is 6.04. The number of nitrogens with zero attached hydrogens (tertiary/aromatic N) is 2. The Morgan fingerprint density at radius 1 is 1.41 bits per heavy atom. The second kappa shape index (κ2) is 5.93. The van der Waals surface area contributed by atoms with Crippen LogP contribution in [0.3, 0.4) is 0 Å². The SMILES string of the molecule is CC(C)[NH2+]CC(=O)Nc1c2c(nc3ccccc13)N(C)CC2. The van der Waals surface area contributed by atoms with Crippen LogP contribution in [-0.2, 0) is 11.2 Å². The van der Waals surface area contributed by atoms with E-state index in [0.29, 0.717) is 12.6 Å². The largest absolute Gasteiger partial charge is 0.359 e. The van der Waals surface area contributed by atoms with Gasteiger partial charge in [0.05, 0.1) is 17.2 Å². The third kappa shape index (κ3) is 2.76. The quantitative estimate of drug-likeness (QED) is 0.890. The number of aromatic nitrogens is 1. The molecule has 0 spiro atoms. The molecule has 1 aliphatic rings. The van der Waals surface area contributed by atoms with Crippen molar-refractivity contribution in [1.82, 2.24) is 4.98 Å². The summed E-state index contributed by atoms with van der Waals surface area (Å²) in [5.41, 5.74) is 3.02. The van der Waals surface area contributed by atoms with Gasteiger partial charge in [-0.25, -0.2) is 4.98 Å². The van der Waals surface area contributed by atoms with E-state index < -0.39 is 0 Å². The molecule has 0 saturated heterocycles. The van der Waals surface area contributed by atoms with E-state index in [1.165, 1.54) is 0 Å². The molecule has 0 bridgehead atoms. The van der Waals surface area contributed by atoms with Gasteiger partial charge in [0, 0.05) is 24.5 Å². The number of para-hydroxylation sites is 1. The maximum Gasteiger partial charge on any atom is 0.279 e. The Hall–Kier alpha value is -2.14. The second-order valence-corrected chi connectivity index (χ2v) is 6.21. The summed E-state index contributed by atoms with van der Waals surface area (Å²) in [6, 6.07) is 8.41. The van der Waals surface area contributed by atoms with E-state index in [-0.39, 0.29) is 5.91 Å². The molecule has 1 aromatic heterocycles. The molecule has 1 aliphatic heterocycles. The van der Waals surface area contributed by atoms with Crippen LogP contribution < -0.4 is 15.5 Å². The molecule has 1 aromatic carbocycles. The van der Waals surface area contributed by atoms with Gasteiger partial charge in [-0.2, -0.15) is 0 Å². The highest BCUT2D eigenvalue weighted by Crippen LogP contribution is 2.36. The van der Waals surface area contributed by atoms with Crippen molar-refractivity contribution < 1.29 is 10.1 Å². The van der Waals surface area contributed by atoms with Crippen LogP contribution in [0.25, 0.3) is 10.9 Å². The van der Waals surface area contributed by atoms with Crippen LogP contribution in [-0.4, -0.2) is 37.1 Å². The van der Waals surface area contributed by atoms with Crippen molar-refractivity contribution >= 4 is 28.3 Å². The molecule has 5 heteroatoms. The van der Waals surface area contributed by atoms with E-state index in [2.05, 4.69) is 24.1 Å². The van der Waals surface area contributed by atoms with Gasteiger partial charge in [0.15, 0.2) is 6.54 Å². The molecule has 3 rings (SSSR count).